The Bertz CT molecular complexity index is 693. The fourth-order valence-electron chi connectivity index (χ4n) is 1.98. The molecule has 0 bridgehead atoms. The number of ether oxygens (including phenoxy) is 1. The molecule has 23 heavy (non-hydrogen) atoms. The molecular formula is C18H16N2O3. The van der Waals surface area contributed by atoms with Gasteiger partial charge < -0.3 is 4.74 Å². The Morgan fingerprint density at radius 3 is 2.09 bits per heavy atom. The Hall–Kier alpha value is -3.13. The second-order valence-corrected chi connectivity index (χ2v) is 4.78. The normalized spacial score (nSPS) is 9.70. The van der Waals surface area contributed by atoms with E-state index >= 15 is 0 Å². The van der Waals surface area contributed by atoms with E-state index in [1.807, 2.05) is 12.3 Å². The van der Waals surface area contributed by atoms with Gasteiger partial charge in [0.2, 0.25) is 0 Å². The summed E-state index contributed by atoms with van der Waals surface area (Å²) in [5.74, 6) is -0.772. The van der Waals surface area contributed by atoms with Gasteiger partial charge >= 0.3 is 5.97 Å². The lowest BCUT2D eigenvalue weighted by Crippen LogP contribution is -2.28. The molecule has 5 nitrogen and oxygen atoms in total. The van der Waals surface area contributed by atoms with Crippen LogP contribution in [0.4, 0.5) is 0 Å². The Morgan fingerprint density at radius 1 is 0.957 bits per heavy atom. The van der Waals surface area contributed by atoms with Gasteiger partial charge in [-0.3, -0.25) is 4.79 Å². The maximum absolute atomic E-state index is 12.1. The number of hydrogen-bond acceptors (Lipinski definition) is 4. The topological polar surface area (TPSA) is 70.4 Å². The summed E-state index contributed by atoms with van der Waals surface area (Å²) in [4.78, 5) is 24.9. The molecule has 0 saturated heterocycles. The number of nitriles is 1. The van der Waals surface area contributed by atoms with Crippen LogP contribution in [0.2, 0.25) is 0 Å². The zero-order valence-electron chi connectivity index (χ0n) is 12.5. The Labute approximate surface area is 134 Å². The first-order chi connectivity index (χ1) is 11.2. The van der Waals surface area contributed by atoms with Crippen LogP contribution in [0.15, 0.2) is 60.7 Å². The van der Waals surface area contributed by atoms with Crippen LogP contribution in [0, 0.1) is 11.5 Å². The summed E-state index contributed by atoms with van der Waals surface area (Å²) in [6, 6.07) is 17.3. The number of carbonyl (C=O) groups is 2. The highest BCUT2D eigenvalue weighted by Crippen LogP contribution is 2.05. The van der Waals surface area contributed by atoms with Gasteiger partial charge in [-0.1, -0.05) is 36.4 Å². The minimum absolute atomic E-state index is 0.147. The third-order valence-electron chi connectivity index (χ3n) is 3.16. The molecule has 0 aliphatic rings. The summed E-state index contributed by atoms with van der Waals surface area (Å²) in [7, 11) is 0. The van der Waals surface area contributed by atoms with Crippen LogP contribution in [0.5, 0.6) is 0 Å². The van der Waals surface area contributed by atoms with Crippen LogP contribution < -0.4 is 0 Å². The molecule has 0 heterocycles. The summed E-state index contributed by atoms with van der Waals surface area (Å²) < 4.78 is 5.12. The molecule has 2 rings (SSSR count). The molecule has 0 fully saturated rings. The van der Waals surface area contributed by atoms with Crippen molar-refractivity contribution < 1.29 is 14.3 Å². The van der Waals surface area contributed by atoms with Gasteiger partial charge in [-0.25, -0.2) is 9.69 Å². The van der Waals surface area contributed by atoms with Gasteiger partial charge in [-0.15, -0.1) is 0 Å². The maximum atomic E-state index is 12.1. The average Bonchev–Trinajstić information content (AvgIpc) is 2.62. The van der Waals surface area contributed by atoms with Crippen LogP contribution in [-0.4, -0.2) is 29.9 Å². The van der Waals surface area contributed by atoms with Crippen LogP contribution in [-0.2, 0) is 4.74 Å². The second-order valence-electron chi connectivity index (χ2n) is 4.78. The van der Waals surface area contributed by atoms with Crippen molar-refractivity contribution >= 4 is 11.9 Å². The molecule has 0 radical (unpaired) electrons. The van der Waals surface area contributed by atoms with Gasteiger partial charge in [0.05, 0.1) is 12.2 Å². The summed E-state index contributed by atoms with van der Waals surface area (Å²) in [5, 5.41) is 9.09. The van der Waals surface area contributed by atoms with E-state index in [1.165, 1.54) is 0 Å². The molecule has 0 N–H and O–H groups in total. The van der Waals surface area contributed by atoms with Crippen molar-refractivity contribution in [2.75, 3.05) is 13.2 Å². The Balaban J connectivity index is 1.79. The van der Waals surface area contributed by atoms with Crippen LogP contribution in [0.1, 0.15) is 27.1 Å². The van der Waals surface area contributed by atoms with Gasteiger partial charge in [0.25, 0.3) is 5.91 Å². The number of esters is 1. The largest absolute Gasteiger partial charge is 0.462 e. The molecular weight excluding hydrogens is 292 g/mol. The molecule has 1 amide bonds. The van der Waals surface area contributed by atoms with Gasteiger partial charge in [0, 0.05) is 18.5 Å². The Kier molecular flexibility index (Phi) is 5.89. The predicted octanol–water partition coefficient (Wildman–Crippen LogP) is 2.86. The molecule has 0 unspecified atom stereocenters. The fourth-order valence-corrected chi connectivity index (χ4v) is 1.98. The lowest BCUT2D eigenvalue weighted by Gasteiger charge is -2.13. The van der Waals surface area contributed by atoms with Gasteiger partial charge in [0.15, 0.2) is 6.19 Å². The van der Waals surface area contributed by atoms with Crippen molar-refractivity contribution in [2.24, 2.45) is 0 Å². The predicted molar refractivity (Wildman–Crippen MR) is 84.4 cm³/mol. The van der Waals surface area contributed by atoms with E-state index in [1.54, 1.807) is 54.6 Å². The lowest BCUT2D eigenvalue weighted by atomic mass is 10.2. The molecule has 0 atom stereocenters. The third-order valence-corrected chi connectivity index (χ3v) is 3.16. The smallest absolute Gasteiger partial charge is 0.338 e. The SMILES string of the molecule is N#CN(CCCOC(=O)c1ccccc1)C(=O)c1ccccc1. The highest BCUT2D eigenvalue weighted by Gasteiger charge is 2.15. The van der Waals surface area contributed by atoms with Crippen molar-refractivity contribution in [3.63, 3.8) is 0 Å². The van der Waals surface area contributed by atoms with Crippen molar-refractivity contribution in [1.29, 1.82) is 5.26 Å². The van der Waals surface area contributed by atoms with E-state index < -0.39 is 5.97 Å². The number of carbonyl (C=O) groups excluding carboxylic acids is 2. The highest BCUT2D eigenvalue weighted by molar-refractivity contribution is 5.95. The first-order valence-corrected chi connectivity index (χ1v) is 7.21. The summed E-state index contributed by atoms with van der Waals surface area (Å²) in [5.41, 5.74) is 0.931. The van der Waals surface area contributed by atoms with Crippen molar-refractivity contribution in [3.05, 3.63) is 71.8 Å². The van der Waals surface area contributed by atoms with Crippen LogP contribution in [0.25, 0.3) is 0 Å². The van der Waals surface area contributed by atoms with E-state index in [2.05, 4.69) is 0 Å². The van der Waals surface area contributed by atoms with Gasteiger partial charge in [-0.05, 0) is 24.3 Å². The first kappa shape index (κ1) is 16.2. The quantitative estimate of drug-likeness (QED) is 0.356. The third kappa shape index (κ3) is 4.68. The minimum Gasteiger partial charge on any atom is -0.462 e. The molecule has 0 aromatic heterocycles. The zero-order chi connectivity index (χ0) is 16.5. The molecule has 2 aromatic carbocycles. The molecule has 5 heteroatoms. The maximum Gasteiger partial charge on any atom is 0.338 e. The Morgan fingerprint density at radius 2 is 1.52 bits per heavy atom. The van der Waals surface area contributed by atoms with E-state index in [4.69, 9.17) is 10.00 Å². The standard InChI is InChI=1S/C18H16N2O3/c19-14-20(17(21)15-8-3-1-4-9-15)12-7-13-23-18(22)16-10-5-2-6-11-16/h1-6,8-11H,7,12-13H2. The molecule has 0 saturated carbocycles. The van der Waals surface area contributed by atoms with E-state index in [0.29, 0.717) is 17.5 Å². The lowest BCUT2D eigenvalue weighted by molar-refractivity contribution is 0.0492. The summed E-state index contributed by atoms with van der Waals surface area (Å²) >= 11 is 0. The number of amides is 1. The summed E-state index contributed by atoms with van der Waals surface area (Å²) in [6.45, 7) is 0.347. The number of rotatable bonds is 6. The van der Waals surface area contributed by atoms with Crippen molar-refractivity contribution in [2.45, 2.75) is 6.42 Å². The fraction of sp³-hybridized carbons (Fsp3) is 0.167. The number of nitrogens with zero attached hydrogens (tertiary/aromatic N) is 2. The van der Waals surface area contributed by atoms with Crippen molar-refractivity contribution in [1.82, 2.24) is 4.90 Å². The molecule has 116 valence electrons. The average molecular weight is 308 g/mol. The monoisotopic (exact) mass is 308 g/mol. The highest BCUT2D eigenvalue weighted by atomic mass is 16.5. The minimum atomic E-state index is -0.413. The second kappa shape index (κ2) is 8.35. The molecule has 0 aliphatic carbocycles. The first-order valence-electron chi connectivity index (χ1n) is 7.21. The number of benzene rings is 2. The van der Waals surface area contributed by atoms with Crippen LogP contribution in [0.3, 0.4) is 0 Å². The molecule has 2 aromatic rings. The van der Waals surface area contributed by atoms with E-state index in [-0.39, 0.29) is 19.1 Å². The van der Waals surface area contributed by atoms with Gasteiger partial charge in [0.1, 0.15) is 0 Å². The van der Waals surface area contributed by atoms with Gasteiger partial charge in [-0.2, -0.15) is 5.26 Å². The summed E-state index contributed by atoms with van der Waals surface area (Å²) in [6.07, 6.45) is 2.26. The molecule has 0 spiro atoms. The van der Waals surface area contributed by atoms with E-state index in [0.717, 1.165) is 4.90 Å². The number of hydrogen-bond donors (Lipinski definition) is 0. The van der Waals surface area contributed by atoms with Crippen LogP contribution >= 0.6 is 0 Å². The molecule has 0 aliphatic heterocycles. The van der Waals surface area contributed by atoms with E-state index in [9.17, 15) is 9.59 Å². The van der Waals surface area contributed by atoms with Crippen molar-refractivity contribution in [3.8, 4) is 6.19 Å². The zero-order valence-corrected chi connectivity index (χ0v) is 12.5.